The van der Waals surface area contributed by atoms with E-state index in [1.54, 1.807) is 6.92 Å². The predicted molar refractivity (Wildman–Crippen MR) is 108 cm³/mol. The zero-order valence-corrected chi connectivity index (χ0v) is 21.1. The van der Waals surface area contributed by atoms with Gasteiger partial charge in [-0.05, 0) is 37.5 Å². The molecule has 7 heteroatoms. The molecule has 27 heavy (non-hydrogen) atoms. The molecule has 2 atom stereocenters. The van der Waals surface area contributed by atoms with Gasteiger partial charge >= 0.3 is 43.3 Å². The van der Waals surface area contributed by atoms with E-state index in [0.717, 1.165) is 36.7 Å². The maximum atomic E-state index is 11.3. The van der Waals surface area contributed by atoms with Gasteiger partial charge in [-0.15, -0.1) is 0 Å². The van der Waals surface area contributed by atoms with Crippen molar-refractivity contribution >= 4 is 13.8 Å². The number of hydrogen-bond donors (Lipinski definition) is 2. The second-order valence-electron chi connectivity index (χ2n) is 8.25. The van der Waals surface area contributed by atoms with Crippen LogP contribution in [0.2, 0.25) is 0 Å². The van der Waals surface area contributed by atoms with E-state index < -0.39 is 13.8 Å². The molecule has 0 radical (unpaired) electrons. The Morgan fingerprint density at radius 2 is 1.41 bits per heavy atom. The summed E-state index contributed by atoms with van der Waals surface area (Å²) in [6.07, 6.45) is 11.8. The van der Waals surface area contributed by atoms with Crippen molar-refractivity contribution in [2.24, 2.45) is 17.8 Å². The molecule has 0 saturated heterocycles. The van der Waals surface area contributed by atoms with E-state index in [1.807, 2.05) is 0 Å². The molecule has 5 nitrogen and oxygen atoms in total. The summed E-state index contributed by atoms with van der Waals surface area (Å²) >= 11 is 0. The van der Waals surface area contributed by atoms with E-state index in [0.29, 0.717) is 5.92 Å². The SMILES string of the molecule is C/C(=C\C(=O)OP(=O)(O)O)CCC[C@H](C)CCC[C@H](C)CCCC(C)C.[H-].[Na+]. The first-order valence-corrected chi connectivity index (χ1v) is 11.5. The molecule has 0 spiro atoms. The Hall–Kier alpha value is 0.360. The largest absolute Gasteiger partial charge is 1.00 e. The van der Waals surface area contributed by atoms with Gasteiger partial charge in [0.2, 0.25) is 0 Å². The molecule has 0 aliphatic heterocycles. The Kier molecular flexibility index (Phi) is 17.7. The second-order valence-corrected chi connectivity index (χ2v) is 9.41. The number of rotatable bonds is 14. The minimum atomic E-state index is -4.75. The van der Waals surface area contributed by atoms with Crippen molar-refractivity contribution in [2.75, 3.05) is 0 Å². The van der Waals surface area contributed by atoms with Gasteiger partial charge in [0.25, 0.3) is 0 Å². The Morgan fingerprint density at radius 3 is 1.85 bits per heavy atom. The number of allylic oxidation sites excluding steroid dienone is 1. The standard InChI is InChI=1S/C20H39O5P.Na.H/c1-16(2)9-6-10-17(3)11-7-12-18(4)13-8-14-19(5)15-20(21)25-26(22,23)24;;/h15-18H,6-14H2,1-5H3,(H2,22,23,24);;/q;+1;-1/b19-15+;;/t17-,18-;;/m1../s1. The smallest absolute Gasteiger partial charge is 1.00 e. The minimum absolute atomic E-state index is 0. The van der Waals surface area contributed by atoms with Gasteiger partial charge in [-0.1, -0.05) is 78.2 Å². The van der Waals surface area contributed by atoms with Gasteiger partial charge in [0, 0.05) is 6.08 Å². The summed E-state index contributed by atoms with van der Waals surface area (Å²) in [4.78, 5) is 28.5. The molecule has 0 rings (SSSR count). The van der Waals surface area contributed by atoms with E-state index in [4.69, 9.17) is 9.79 Å². The minimum Gasteiger partial charge on any atom is -1.00 e. The van der Waals surface area contributed by atoms with E-state index in [9.17, 15) is 9.36 Å². The van der Waals surface area contributed by atoms with E-state index in [1.165, 1.54) is 44.6 Å². The summed E-state index contributed by atoms with van der Waals surface area (Å²) < 4.78 is 14.6. The summed E-state index contributed by atoms with van der Waals surface area (Å²) in [5.74, 6) is 1.30. The van der Waals surface area contributed by atoms with Crippen molar-refractivity contribution in [3.05, 3.63) is 11.6 Å². The van der Waals surface area contributed by atoms with Crippen LogP contribution in [0.25, 0.3) is 0 Å². The van der Waals surface area contributed by atoms with Crippen molar-refractivity contribution in [1.82, 2.24) is 0 Å². The van der Waals surface area contributed by atoms with Gasteiger partial charge < -0.3 is 5.95 Å². The summed E-state index contributed by atoms with van der Waals surface area (Å²) in [5, 5.41) is 0. The quantitative estimate of drug-likeness (QED) is 0.259. The van der Waals surface area contributed by atoms with E-state index >= 15 is 0 Å². The fourth-order valence-corrected chi connectivity index (χ4v) is 3.41. The second kappa shape index (κ2) is 16.2. The first kappa shape index (κ1) is 29.6. The third-order valence-corrected chi connectivity index (χ3v) is 5.13. The summed E-state index contributed by atoms with van der Waals surface area (Å²) in [6, 6.07) is 0. The molecule has 0 aromatic carbocycles. The maximum Gasteiger partial charge on any atom is 1.00 e. The van der Waals surface area contributed by atoms with Gasteiger partial charge in [0.1, 0.15) is 0 Å². The van der Waals surface area contributed by atoms with Crippen molar-refractivity contribution in [2.45, 2.75) is 92.4 Å². The molecular formula is C20H40NaO5P. The zero-order chi connectivity index (χ0) is 20.2. The van der Waals surface area contributed by atoms with Crippen molar-refractivity contribution < 1.29 is 54.7 Å². The molecule has 0 bridgehead atoms. The van der Waals surface area contributed by atoms with Crippen LogP contribution in [0.4, 0.5) is 0 Å². The third-order valence-electron chi connectivity index (χ3n) is 4.71. The molecule has 0 heterocycles. The maximum absolute atomic E-state index is 11.3. The number of carbonyl (C=O) groups is 1. The molecule has 0 amide bonds. The van der Waals surface area contributed by atoms with Crippen LogP contribution in [0.15, 0.2) is 11.6 Å². The van der Waals surface area contributed by atoms with E-state index in [-0.39, 0.29) is 31.0 Å². The van der Waals surface area contributed by atoms with Gasteiger partial charge in [-0.2, -0.15) is 0 Å². The van der Waals surface area contributed by atoms with Crippen LogP contribution in [-0.4, -0.2) is 15.8 Å². The number of phosphoric acid groups is 1. The monoisotopic (exact) mass is 414 g/mol. The first-order valence-electron chi connectivity index (χ1n) is 9.95. The predicted octanol–water partition coefficient (Wildman–Crippen LogP) is 3.12. The third kappa shape index (κ3) is 20.9. The van der Waals surface area contributed by atoms with Gasteiger partial charge in [-0.3, -0.25) is 9.79 Å². The fraction of sp³-hybridized carbons (Fsp3) is 0.850. The van der Waals surface area contributed by atoms with Gasteiger partial charge in [0.05, 0.1) is 0 Å². The Morgan fingerprint density at radius 1 is 0.963 bits per heavy atom. The van der Waals surface area contributed by atoms with Crippen LogP contribution < -0.4 is 29.6 Å². The van der Waals surface area contributed by atoms with Crippen molar-refractivity contribution in [1.29, 1.82) is 0 Å². The molecule has 0 unspecified atom stereocenters. The zero-order valence-electron chi connectivity index (χ0n) is 19.2. The normalized spacial score (nSPS) is 14.6. The van der Waals surface area contributed by atoms with Crippen LogP contribution in [-0.2, 0) is 13.9 Å². The van der Waals surface area contributed by atoms with Crippen LogP contribution in [0.5, 0.6) is 0 Å². The average Bonchev–Trinajstić information content (AvgIpc) is 2.44. The molecule has 0 aromatic rings. The molecule has 156 valence electrons. The first-order chi connectivity index (χ1) is 12.0. The number of carbonyl (C=O) groups excluding carboxylic acids is 1. The summed E-state index contributed by atoms with van der Waals surface area (Å²) in [6.45, 7) is 11.0. The average molecular weight is 414 g/mol. The molecule has 0 fully saturated rings. The summed E-state index contributed by atoms with van der Waals surface area (Å²) in [5.41, 5.74) is 0.787. The molecule has 0 aromatic heterocycles. The molecule has 0 aliphatic carbocycles. The van der Waals surface area contributed by atoms with Crippen molar-refractivity contribution in [3.63, 3.8) is 0 Å². The van der Waals surface area contributed by atoms with Crippen molar-refractivity contribution in [3.8, 4) is 0 Å². The van der Waals surface area contributed by atoms with E-state index in [2.05, 4.69) is 32.2 Å². The van der Waals surface area contributed by atoms with Gasteiger partial charge in [0.15, 0.2) is 0 Å². The Labute approximate surface area is 189 Å². The Balaban J connectivity index is -0.00000312. The molecular weight excluding hydrogens is 374 g/mol. The van der Waals surface area contributed by atoms with Crippen LogP contribution in [0.3, 0.4) is 0 Å². The molecule has 0 saturated carbocycles. The fourth-order valence-electron chi connectivity index (χ4n) is 3.12. The van der Waals surface area contributed by atoms with Crippen LogP contribution >= 0.6 is 7.82 Å². The molecule has 0 aliphatic rings. The molecule has 2 N–H and O–H groups in total. The van der Waals surface area contributed by atoms with Crippen LogP contribution in [0, 0.1) is 17.8 Å². The van der Waals surface area contributed by atoms with Gasteiger partial charge in [-0.25, -0.2) is 9.36 Å². The number of hydrogen-bond acceptors (Lipinski definition) is 3. The summed E-state index contributed by atoms with van der Waals surface area (Å²) in [7, 11) is -4.75. The van der Waals surface area contributed by atoms with Crippen LogP contribution in [0.1, 0.15) is 93.8 Å². The Bertz CT molecular complexity index is 479. The topological polar surface area (TPSA) is 83.8 Å². The number of phosphoric ester groups is 1.